The molecular weight excluding hydrogens is 375 g/mol. The van der Waals surface area contributed by atoms with Crippen LogP contribution in [0.1, 0.15) is 25.0 Å². The fourth-order valence-corrected chi connectivity index (χ4v) is 3.68. The van der Waals surface area contributed by atoms with E-state index >= 15 is 0 Å². The monoisotopic (exact) mass is 402 g/mol. The Kier molecular flexibility index (Phi) is 6.27. The summed E-state index contributed by atoms with van der Waals surface area (Å²) in [6.07, 6.45) is -4.20. The first-order valence-corrected chi connectivity index (χ1v) is 9.94. The predicted octanol–water partition coefficient (Wildman–Crippen LogP) is 4.00. The van der Waals surface area contributed by atoms with Crippen molar-refractivity contribution in [2.75, 3.05) is 6.61 Å². The largest absolute Gasteiger partial charge is 0.368 e. The fourth-order valence-electron chi connectivity index (χ4n) is 3.68. The van der Waals surface area contributed by atoms with Crippen LogP contribution in [0.3, 0.4) is 0 Å². The highest BCUT2D eigenvalue weighted by molar-refractivity contribution is 5.14. The Morgan fingerprint density at radius 2 is 1.45 bits per heavy atom. The Labute approximate surface area is 170 Å². The van der Waals surface area contributed by atoms with E-state index in [1.807, 2.05) is 74.5 Å². The molecule has 0 saturated carbocycles. The molecule has 0 unspecified atom stereocenters. The van der Waals surface area contributed by atoms with Gasteiger partial charge in [0.2, 0.25) is 6.36 Å². The molecule has 0 aliphatic carbocycles. The highest BCUT2D eigenvalue weighted by Gasteiger charge is 2.52. The van der Waals surface area contributed by atoms with Crippen LogP contribution in [0.2, 0.25) is 0 Å². The molecule has 6 heteroatoms. The Morgan fingerprint density at radius 3 is 2.03 bits per heavy atom. The van der Waals surface area contributed by atoms with Gasteiger partial charge in [0, 0.05) is 0 Å². The molecule has 0 N–H and O–H groups in total. The summed E-state index contributed by atoms with van der Waals surface area (Å²) in [5, 5.41) is 0. The molecule has 2 fully saturated rings. The van der Waals surface area contributed by atoms with Crippen LogP contribution in [0.4, 0.5) is 4.39 Å². The zero-order valence-corrected chi connectivity index (χ0v) is 16.7. The van der Waals surface area contributed by atoms with Gasteiger partial charge in [0.05, 0.1) is 19.8 Å². The van der Waals surface area contributed by atoms with E-state index in [1.54, 1.807) is 0 Å². The molecule has 0 bridgehead atoms. The number of hydrogen-bond donors (Lipinski definition) is 0. The molecule has 2 aliphatic heterocycles. The zero-order valence-electron chi connectivity index (χ0n) is 16.7. The van der Waals surface area contributed by atoms with E-state index in [0.29, 0.717) is 6.61 Å². The van der Waals surface area contributed by atoms with Crippen molar-refractivity contribution < 1.29 is 28.1 Å². The molecule has 156 valence electrons. The standard InChI is InChI=1S/C23H27FO5/c1-23(2)27-15-18-19(29-23)20(25-13-16-9-5-3-6-10-16)21(22(24)28-18)26-14-17-11-7-4-8-12-17/h3-12,18-22H,13-15H2,1-2H3/t18-,19+,20+,21-,22+/m1/s1. The van der Waals surface area contributed by atoms with E-state index in [1.165, 1.54) is 0 Å². The van der Waals surface area contributed by atoms with Gasteiger partial charge in [0.25, 0.3) is 0 Å². The average Bonchev–Trinajstić information content (AvgIpc) is 2.72. The quantitative estimate of drug-likeness (QED) is 0.731. The van der Waals surface area contributed by atoms with Gasteiger partial charge in [-0.05, 0) is 25.0 Å². The SMILES string of the molecule is CC1(C)OC[C@H]2O[C@H](F)[C@H](OCc3ccccc3)[C@@H](OCc3ccccc3)[C@H]2O1. The average molecular weight is 402 g/mol. The van der Waals surface area contributed by atoms with Crippen molar-refractivity contribution in [2.45, 2.75) is 63.6 Å². The topological polar surface area (TPSA) is 46.2 Å². The van der Waals surface area contributed by atoms with Gasteiger partial charge in [-0.25, -0.2) is 4.39 Å². The molecule has 2 heterocycles. The summed E-state index contributed by atoms with van der Waals surface area (Å²) in [5.74, 6) is -0.800. The Bertz CT molecular complexity index is 769. The maximum atomic E-state index is 15.0. The van der Waals surface area contributed by atoms with Gasteiger partial charge < -0.3 is 23.7 Å². The van der Waals surface area contributed by atoms with E-state index in [9.17, 15) is 4.39 Å². The third-order valence-corrected chi connectivity index (χ3v) is 5.16. The molecule has 2 aromatic carbocycles. The van der Waals surface area contributed by atoms with Crippen LogP contribution in [0, 0.1) is 0 Å². The molecule has 0 radical (unpaired) electrons. The fraction of sp³-hybridized carbons (Fsp3) is 0.478. The van der Waals surface area contributed by atoms with Crippen LogP contribution in [0.15, 0.2) is 60.7 Å². The van der Waals surface area contributed by atoms with Crippen molar-refractivity contribution in [1.82, 2.24) is 0 Å². The van der Waals surface area contributed by atoms with Gasteiger partial charge in [-0.15, -0.1) is 0 Å². The number of benzene rings is 2. The summed E-state index contributed by atoms with van der Waals surface area (Å²) in [6.45, 7) is 4.50. The van der Waals surface area contributed by atoms with E-state index < -0.39 is 36.6 Å². The smallest absolute Gasteiger partial charge is 0.228 e. The van der Waals surface area contributed by atoms with Crippen LogP contribution in [0.25, 0.3) is 0 Å². The molecule has 0 aromatic heterocycles. The summed E-state index contributed by atoms with van der Waals surface area (Å²) in [7, 11) is 0. The molecular formula is C23H27FO5. The number of rotatable bonds is 6. The zero-order chi connectivity index (χ0) is 20.3. The number of fused-ring (bicyclic) bond motifs is 1. The van der Waals surface area contributed by atoms with E-state index in [2.05, 4.69) is 0 Å². The summed E-state index contributed by atoms with van der Waals surface area (Å²) < 4.78 is 44.4. The molecule has 2 saturated heterocycles. The first-order chi connectivity index (χ1) is 14.0. The van der Waals surface area contributed by atoms with E-state index in [0.717, 1.165) is 11.1 Å². The van der Waals surface area contributed by atoms with Gasteiger partial charge in [-0.1, -0.05) is 60.7 Å². The summed E-state index contributed by atoms with van der Waals surface area (Å²) in [6, 6.07) is 19.4. The molecule has 5 atom stereocenters. The lowest BCUT2D eigenvalue weighted by atomic mass is 9.97. The van der Waals surface area contributed by atoms with Gasteiger partial charge in [0.15, 0.2) is 5.79 Å². The van der Waals surface area contributed by atoms with Crippen LogP contribution in [0.5, 0.6) is 0 Å². The molecule has 4 rings (SSSR count). The van der Waals surface area contributed by atoms with Gasteiger partial charge in [-0.3, -0.25) is 0 Å². The number of halogens is 1. The molecule has 0 spiro atoms. The van der Waals surface area contributed by atoms with E-state index in [4.69, 9.17) is 23.7 Å². The number of alkyl halides is 1. The second-order valence-corrected chi connectivity index (χ2v) is 7.84. The predicted molar refractivity (Wildman–Crippen MR) is 105 cm³/mol. The lowest BCUT2D eigenvalue weighted by Crippen LogP contribution is -2.64. The first kappa shape index (κ1) is 20.4. The van der Waals surface area contributed by atoms with Crippen molar-refractivity contribution >= 4 is 0 Å². The molecule has 0 amide bonds. The molecule has 2 aromatic rings. The number of ether oxygens (including phenoxy) is 5. The van der Waals surface area contributed by atoms with Gasteiger partial charge in [-0.2, -0.15) is 0 Å². The van der Waals surface area contributed by atoms with Crippen LogP contribution in [-0.2, 0) is 36.9 Å². The second kappa shape index (κ2) is 8.90. The Balaban J connectivity index is 1.52. The van der Waals surface area contributed by atoms with Crippen molar-refractivity contribution in [2.24, 2.45) is 0 Å². The highest BCUT2D eigenvalue weighted by atomic mass is 19.1. The van der Waals surface area contributed by atoms with Crippen molar-refractivity contribution in [1.29, 1.82) is 0 Å². The van der Waals surface area contributed by atoms with Crippen molar-refractivity contribution in [3.8, 4) is 0 Å². The highest BCUT2D eigenvalue weighted by Crippen LogP contribution is 2.36. The van der Waals surface area contributed by atoms with Crippen molar-refractivity contribution in [3.05, 3.63) is 71.8 Å². The minimum atomic E-state index is -1.63. The summed E-state index contributed by atoms with van der Waals surface area (Å²) in [5.41, 5.74) is 1.95. The van der Waals surface area contributed by atoms with Crippen LogP contribution >= 0.6 is 0 Å². The first-order valence-electron chi connectivity index (χ1n) is 9.94. The number of hydrogen-bond acceptors (Lipinski definition) is 5. The third-order valence-electron chi connectivity index (χ3n) is 5.16. The van der Waals surface area contributed by atoms with Gasteiger partial charge in [0.1, 0.15) is 24.4 Å². The minimum absolute atomic E-state index is 0.245. The normalized spacial score (nSPS) is 31.2. The lowest BCUT2D eigenvalue weighted by molar-refractivity contribution is -0.377. The molecule has 2 aliphatic rings. The summed E-state index contributed by atoms with van der Waals surface area (Å²) in [4.78, 5) is 0. The third kappa shape index (κ3) is 5.02. The molecule has 29 heavy (non-hydrogen) atoms. The van der Waals surface area contributed by atoms with Gasteiger partial charge >= 0.3 is 0 Å². The Morgan fingerprint density at radius 1 is 0.897 bits per heavy atom. The van der Waals surface area contributed by atoms with Crippen LogP contribution < -0.4 is 0 Å². The van der Waals surface area contributed by atoms with Crippen LogP contribution in [-0.4, -0.2) is 43.2 Å². The molecule has 5 nitrogen and oxygen atoms in total. The second-order valence-electron chi connectivity index (χ2n) is 7.84. The Hall–Kier alpha value is -1.83. The maximum absolute atomic E-state index is 15.0. The summed E-state index contributed by atoms with van der Waals surface area (Å²) >= 11 is 0. The lowest BCUT2D eigenvalue weighted by Gasteiger charge is -2.49. The van der Waals surface area contributed by atoms with Crippen molar-refractivity contribution in [3.63, 3.8) is 0 Å². The van der Waals surface area contributed by atoms with E-state index in [-0.39, 0.29) is 13.2 Å². The minimum Gasteiger partial charge on any atom is -0.368 e. The maximum Gasteiger partial charge on any atom is 0.228 e.